The number of hydrogen-bond acceptors (Lipinski definition) is 6. The number of nitrogens with zero attached hydrogens (tertiary/aromatic N) is 2. The van der Waals surface area contributed by atoms with Gasteiger partial charge in [-0.1, -0.05) is 0 Å². The SMILES string of the molecule is COc1cc(N2CCC(CCO)C2)c([N+](=O)[O-])cc1OC. The summed E-state index contributed by atoms with van der Waals surface area (Å²) < 4.78 is 10.4. The molecule has 0 amide bonds. The van der Waals surface area contributed by atoms with Crippen molar-refractivity contribution in [1.29, 1.82) is 0 Å². The molecule has 7 heteroatoms. The van der Waals surface area contributed by atoms with Crippen molar-refractivity contribution in [2.45, 2.75) is 12.8 Å². The molecule has 0 saturated carbocycles. The fraction of sp³-hybridized carbons (Fsp3) is 0.571. The highest BCUT2D eigenvalue weighted by atomic mass is 16.6. The zero-order chi connectivity index (χ0) is 15.4. The Morgan fingerprint density at radius 1 is 1.38 bits per heavy atom. The largest absolute Gasteiger partial charge is 0.493 e. The molecule has 1 aliphatic heterocycles. The fourth-order valence-corrected chi connectivity index (χ4v) is 2.73. The first-order chi connectivity index (χ1) is 10.1. The zero-order valence-electron chi connectivity index (χ0n) is 12.2. The van der Waals surface area contributed by atoms with Crippen LogP contribution in [0.15, 0.2) is 12.1 Å². The Labute approximate surface area is 123 Å². The first-order valence-electron chi connectivity index (χ1n) is 6.87. The van der Waals surface area contributed by atoms with Gasteiger partial charge >= 0.3 is 0 Å². The first kappa shape index (κ1) is 15.4. The average Bonchev–Trinajstić information content (AvgIpc) is 2.94. The maximum absolute atomic E-state index is 11.3. The van der Waals surface area contributed by atoms with Gasteiger partial charge in [-0.15, -0.1) is 0 Å². The van der Waals surface area contributed by atoms with Gasteiger partial charge in [0, 0.05) is 25.8 Å². The highest BCUT2D eigenvalue weighted by Gasteiger charge is 2.29. The number of aliphatic hydroxyl groups is 1. The van der Waals surface area contributed by atoms with Crippen LogP contribution >= 0.6 is 0 Å². The summed E-state index contributed by atoms with van der Waals surface area (Å²) in [7, 11) is 2.96. The van der Waals surface area contributed by atoms with Gasteiger partial charge < -0.3 is 19.5 Å². The first-order valence-corrected chi connectivity index (χ1v) is 6.87. The summed E-state index contributed by atoms with van der Waals surface area (Å²) in [6.45, 7) is 1.59. The Balaban J connectivity index is 2.35. The molecule has 0 aliphatic carbocycles. The lowest BCUT2D eigenvalue weighted by Gasteiger charge is -2.20. The summed E-state index contributed by atoms with van der Waals surface area (Å²) in [4.78, 5) is 12.9. The molecule has 1 heterocycles. The number of nitro benzene ring substituents is 1. The van der Waals surface area contributed by atoms with Gasteiger partial charge in [0.05, 0.1) is 25.2 Å². The molecule has 116 valence electrons. The molecule has 0 bridgehead atoms. The summed E-state index contributed by atoms with van der Waals surface area (Å²) in [5.41, 5.74) is 0.551. The van der Waals surface area contributed by atoms with Crippen LogP contribution in [0.25, 0.3) is 0 Å². The summed E-state index contributed by atoms with van der Waals surface area (Å²) >= 11 is 0. The molecular formula is C14H20N2O5. The third-order valence-electron chi connectivity index (χ3n) is 3.84. The van der Waals surface area contributed by atoms with E-state index in [9.17, 15) is 10.1 Å². The quantitative estimate of drug-likeness (QED) is 0.636. The van der Waals surface area contributed by atoms with Crippen molar-refractivity contribution in [3.63, 3.8) is 0 Å². The molecule has 1 N–H and O–H groups in total. The number of methoxy groups -OCH3 is 2. The second-order valence-electron chi connectivity index (χ2n) is 5.07. The van der Waals surface area contributed by atoms with Crippen molar-refractivity contribution in [3.05, 3.63) is 22.2 Å². The number of nitro groups is 1. The van der Waals surface area contributed by atoms with Crippen LogP contribution in [-0.4, -0.2) is 43.9 Å². The van der Waals surface area contributed by atoms with E-state index in [0.29, 0.717) is 29.6 Å². The molecule has 1 atom stereocenters. The molecule has 1 fully saturated rings. The van der Waals surface area contributed by atoms with E-state index in [0.717, 1.165) is 19.4 Å². The zero-order valence-corrected chi connectivity index (χ0v) is 12.2. The molecule has 1 unspecified atom stereocenters. The maximum Gasteiger partial charge on any atom is 0.296 e. The van der Waals surface area contributed by atoms with Gasteiger partial charge in [0.2, 0.25) is 0 Å². The Hall–Kier alpha value is -2.02. The lowest BCUT2D eigenvalue weighted by Crippen LogP contribution is -2.21. The van der Waals surface area contributed by atoms with Gasteiger partial charge in [-0.05, 0) is 18.8 Å². The monoisotopic (exact) mass is 296 g/mol. The predicted octanol–water partition coefficient (Wildman–Crippen LogP) is 1.82. The van der Waals surface area contributed by atoms with E-state index in [1.165, 1.54) is 20.3 Å². The fourth-order valence-electron chi connectivity index (χ4n) is 2.73. The standard InChI is InChI=1S/C14H20N2O5/c1-20-13-7-11(12(16(18)19)8-14(13)21-2)15-5-3-10(9-15)4-6-17/h7-8,10,17H,3-6,9H2,1-2H3. The van der Waals surface area contributed by atoms with E-state index >= 15 is 0 Å². The van der Waals surface area contributed by atoms with Gasteiger partial charge in [-0.3, -0.25) is 10.1 Å². The van der Waals surface area contributed by atoms with Crippen LogP contribution in [0.1, 0.15) is 12.8 Å². The Morgan fingerprint density at radius 3 is 2.62 bits per heavy atom. The van der Waals surface area contributed by atoms with Gasteiger partial charge in [-0.2, -0.15) is 0 Å². The van der Waals surface area contributed by atoms with E-state index in [1.807, 2.05) is 4.90 Å². The maximum atomic E-state index is 11.3. The Bertz CT molecular complexity index is 520. The minimum atomic E-state index is -0.406. The van der Waals surface area contributed by atoms with Crippen LogP contribution in [0.2, 0.25) is 0 Å². The molecule has 1 aromatic carbocycles. The van der Waals surface area contributed by atoms with Crippen LogP contribution in [0.5, 0.6) is 11.5 Å². The van der Waals surface area contributed by atoms with Crippen LogP contribution in [-0.2, 0) is 0 Å². The molecule has 7 nitrogen and oxygen atoms in total. The molecule has 2 rings (SSSR count). The third kappa shape index (κ3) is 3.18. The van der Waals surface area contributed by atoms with E-state index < -0.39 is 4.92 Å². The van der Waals surface area contributed by atoms with Gasteiger partial charge in [-0.25, -0.2) is 0 Å². The smallest absolute Gasteiger partial charge is 0.296 e. The molecule has 1 saturated heterocycles. The van der Waals surface area contributed by atoms with Crippen LogP contribution in [0, 0.1) is 16.0 Å². The van der Waals surface area contributed by atoms with Crippen molar-refractivity contribution >= 4 is 11.4 Å². The number of rotatable bonds is 6. The molecule has 0 radical (unpaired) electrons. The van der Waals surface area contributed by atoms with Gasteiger partial charge in [0.15, 0.2) is 11.5 Å². The van der Waals surface area contributed by atoms with Crippen molar-refractivity contribution in [2.75, 3.05) is 38.8 Å². The number of hydrogen-bond donors (Lipinski definition) is 1. The molecule has 0 spiro atoms. The number of benzene rings is 1. The molecule has 0 aromatic heterocycles. The van der Waals surface area contributed by atoms with E-state index in [1.54, 1.807) is 6.07 Å². The van der Waals surface area contributed by atoms with Crippen molar-refractivity contribution in [1.82, 2.24) is 0 Å². The topological polar surface area (TPSA) is 85.1 Å². The van der Waals surface area contributed by atoms with Crippen LogP contribution in [0.3, 0.4) is 0 Å². The molecule has 1 aliphatic rings. The van der Waals surface area contributed by atoms with E-state index in [-0.39, 0.29) is 12.3 Å². The Morgan fingerprint density at radius 2 is 2.05 bits per heavy atom. The minimum absolute atomic E-state index is 0.0114. The normalized spacial score (nSPS) is 17.9. The predicted molar refractivity (Wildman–Crippen MR) is 78.2 cm³/mol. The Kier molecular flexibility index (Phi) is 4.85. The highest BCUT2D eigenvalue weighted by molar-refractivity contribution is 5.70. The van der Waals surface area contributed by atoms with Gasteiger partial charge in [0.25, 0.3) is 5.69 Å². The van der Waals surface area contributed by atoms with Crippen molar-refractivity contribution in [2.24, 2.45) is 5.92 Å². The van der Waals surface area contributed by atoms with Crippen molar-refractivity contribution < 1.29 is 19.5 Å². The summed E-state index contributed by atoms with van der Waals surface area (Å²) in [6, 6.07) is 3.05. The van der Waals surface area contributed by atoms with Crippen LogP contribution < -0.4 is 14.4 Å². The molecule has 21 heavy (non-hydrogen) atoms. The lowest BCUT2D eigenvalue weighted by atomic mass is 10.1. The van der Waals surface area contributed by atoms with E-state index in [4.69, 9.17) is 14.6 Å². The second kappa shape index (κ2) is 6.62. The summed E-state index contributed by atoms with van der Waals surface area (Å²) in [5.74, 6) is 1.19. The van der Waals surface area contributed by atoms with Crippen molar-refractivity contribution in [3.8, 4) is 11.5 Å². The molecule has 1 aromatic rings. The van der Waals surface area contributed by atoms with E-state index in [2.05, 4.69) is 0 Å². The number of ether oxygens (including phenoxy) is 2. The second-order valence-corrected chi connectivity index (χ2v) is 5.07. The van der Waals surface area contributed by atoms with Crippen LogP contribution in [0.4, 0.5) is 11.4 Å². The summed E-state index contributed by atoms with van der Waals surface area (Å²) in [5, 5.41) is 20.3. The van der Waals surface area contributed by atoms with Gasteiger partial charge in [0.1, 0.15) is 5.69 Å². The minimum Gasteiger partial charge on any atom is -0.493 e. The molecular weight excluding hydrogens is 276 g/mol. The highest BCUT2D eigenvalue weighted by Crippen LogP contribution is 2.41. The number of anilines is 1. The average molecular weight is 296 g/mol. The summed E-state index contributed by atoms with van der Waals surface area (Å²) in [6.07, 6.45) is 1.64. The third-order valence-corrected chi connectivity index (χ3v) is 3.84. The number of aliphatic hydroxyl groups excluding tert-OH is 1. The lowest BCUT2D eigenvalue weighted by molar-refractivity contribution is -0.384.